The summed E-state index contributed by atoms with van der Waals surface area (Å²) in [6.45, 7) is 1.99. The summed E-state index contributed by atoms with van der Waals surface area (Å²) in [7, 11) is 8.00. The fraction of sp³-hybridized carbons (Fsp3) is 0.226. The number of H-pyrrole nitrogens is 2. The third kappa shape index (κ3) is 5.65. The topological polar surface area (TPSA) is 98.8 Å². The summed E-state index contributed by atoms with van der Waals surface area (Å²) < 4.78 is 20.4. The van der Waals surface area contributed by atoms with E-state index in [0.29, 0.717) is 29.3 Å². The zero-order valence-electron chi connectivity index (χ0n) is 23.4. The monoisotopic (exact) mass is 550 g/mol. The van der Waals surface area contributed by atoms with E-state index in [4.69, 9.17) is 9.72 Å². The lowest BCUT2D eigenvalue weighted by atomic mass is 10.0. The molecule has 0 saturated heterocycles. The molecule has 0 atom stereocenters. The van der Waals surface area contributed by atoms with E-state index < -0.39 is 0 Å². The van der Waals surface area contributed by atoms with Crippen molar-refractivity contribution in [3.05, 3.63) is 78.5 Å². The smallest absolute Gasteiger partial charge is 0.138 e. The van der Waals surface area contributed by atoms with Gasteiger partial charge in [0.2, 0.25) is 0 Å². The third-order valence-electron chi connectivity index (χ3n) is 6.77. The molecule has 0 bridgehead atoms. The molecule has 5 heterocycles. The zero-order chi connectivity index (χ0) is 28.5. The molecule has 6 aromatic rings. The number of hydrogen-bond acceptors (Lipinski definition) is 7. The lowest BCUT2D eigenvalue weighted by Gasteiger charge is -2.12. The molecule has 0 aliphatic heterocycles. The summed E-state index contributed by atoms with van der Waals surface area (Å²) in [5.74, 6) is 0.129. The lowest BCUT2D eigenvalue weighted by Crippen LogP contribution is -2.19. The molecule has 6 rings (SSSR count). The average Bonchev–Trinajstić information content (AvgIpc) is 3.56. The van der Waals surface area contributed by atoms with Crippen molar-refractivity contribution in [1.29, 1.82) is 0 Å². The Labute approximate surface area is 237 Å². The number of aromatic nitrogens is 6. The van der Waals surface area contributed by atoms with Crippen LogP contribution in [0.25, 0.3) is 55.8 Å². The number of rotatable bonds is 9. The Morgan fingerprint density at radius 1 is 0.927 bits per heavy atom. The highest BCUT2D eigenvalue weighted by atomic mass is 19.1. The maximum absolute atomic E-state index is 14.6. The summed E-state index contributed by atoms with van der Waals surface area (Å²) in [5.41, 5.74) is 8.06. The summed E-state index contributed by atoms with van der Waals surface area (Å²) in [5, 5.41) is 8.52. The van der Waals surface area contributed by atoms with Crippen LogP contribution in [0, 0.1) is 5.82 Å². The van der Waals surface area contributed by atoms with Crippen LogP contribution in [0.3, 0.4) is 0 Å². The molecule has 0 aliphatic carbocycles. The summed E-state index contributed by atoms with van der Waals surface area (Å²) in [6.07, 6.45) is 5.41. The Kier molecular flexibility index (Phi) is 7.17. The molecule has 0 fully saturated rings. The molecular formula is C31H31FN8O. The second-order valence-electron chi connectivity index (χ2n) is 10.6. The summed E-state index contributed by atoms with van der Waals surface area (Å²) in [4.78, 5) is 21.4. The molecule has 5 aromatic heterocycles. The van der Waals surface area contributed by atoms with Crippen molar-refractivity contribution in [2.75, 3.05) is 41.3 Å². The number of hydrogen-bond donors (Lipinski definition) is 2. The molecule has 208 valence electrons. The van der Waals surface area contributed by atoms with Crippen molar-refractivity contribution in [3.63, 3.8) is 0 Å². The Balaban J connectivity index is 1.37. The van der Waals surface area contributed by atoms with E-state index in [1.165, 1.54) is 12.1 Å². The largest absolute Gasteiger partial charge is 0.492 e. The predicted octanol–water partition coefficient (Wildman–Crippen LogP) is 5.37. The first kappa shape index (κ1) is 26.5. The highest BCUT2D eigenvalue weighted by molar-refractivity contribution is 5.99. The van der Waals surface area contributed by atoms with E-state index in [2.05, 4.69) is 36.1 Å². The van der Waals surface area contributed by atoms with Gasteiger partial charge in [-0.15, -0.1) is 0 Å². The molecule has 1 aromatic carbocycles. The van der Waals surface area contributed by atoms with Crippen LogP contribution in [0.15, 0.2) is 67.1 Å². The van der Waals surface area contributed by atoms with Gasteiger partial charge in [-0.05, 0) is 87.3 Å². The van der Waals surface area contributed by atoms with Crippen LogP contribution in [0.5, 0.6) is 5.75 Å². The van der Waals surface area contributed by atoms with Gasteiger partial charge in [0, 0.05) is 48.7 Å². The van der Waals surface area contributed by atoms with Crippen LogP contribution >= 0.6 is 0 Å². The number of nitrogens with zero attached hydrogens (tertiary/aromatic N) is 6. The molecular weight excluding hydrogens is 519 g/mol. The van der Waals surface area contributed by atoms with Gasteiger partial charge in [-0.2, -0.15) is 5.10 Å². The number of nitrogens with one attached hydrogen (secondary N) is 2. The SMILES string of the molecule is CN(C)CCOc1cc(F)cc(-c2ccnc3[nH]c(-c4n[nH]c5ccc(-c6cncc(CN(C)C)c6)nc45)cc23)c1. The van der Waals surface area contributed by atoms with Crippen molar-refractivity contribution in [2.45, 2.75) is 6.54 Å². The fourth-order valence-corrected chi connectivity index (χ4v) is 4.88. The molecule has 0 spiro atoms. The minimum atomic E-state index is -0.359. The molecule has 0 saturated carbocycles. The Hall–Kier alpha value is -4.67. The van der Waals surface area contributed by atoms with Crippen LogP contribution < -0.4 is 4.74 Å². The molecule has 9 nitrogen and oxygen atoms in total. The number of ether oxygens (including phenoxy) is 1. The van der Waals surface area contributed by atoms with Crippen molar-refractivity contribution in [3.8, 4) is 39.5 Å². The van der Waals surface area contributed by atoms with Gasteiger partial charge in [0.05, 0.1) is 16.9 Å². The second kappa shape index (κ2) is 11.1. The zero-order valence-corrected chi connectivity index (χ0v) is 23.4. The van der Waals surface area contributed by atoms with E-state index >= 15 is 0 Å². The van der Waals surface area contributed by atoms with Crippen LogP contribution in [-0.4, -0.2) is 81.3 Å². The van der Waals surface area contributed by atoms with Crippen LogP contribution in [0.1, 0.15) is 5.56 Å². The van der Waals surface area contributed by atoms with Crippen molar-refractivity contribution in [2.24, 2.45) is 0 Å². The van der Waals surface area contributed by atoms with E-state index in [1.807, 2.05) is 75.8 Å². The first-order valence-electron chi connectivity index (χ1n) is 13.3. The van der Waals surface area contributed by atoms with Gasteiger partial charge >= 0.3 is 0 Å². The molecule has 2 N–H and O–H groups in total. The molecule has 0 amide bonds. The lowest BCUT2D eigenvalue weighted by molar-refractivity contribution is 0.260. The number of fused-ring (bicyclic) bond motifs is 2. The van der Waals surface area contributed by atoms with E-state index in [0.717, 1.165) is 57.6 Å². The van der Waals surface area contributed by atoms with E-state index in [-0.39, 0.29) is 5.82 Å². The Morgan fingerprint density at radius 3 is 2.63 bits per heavy atom. The average molecular weight is 551 g/mol. The molecule has 0 unspecified atom stereocenters. The van der Waals surface area contributed by atoms with Gasteiger partial charge < -0.3 is 19.5 Å². The highest BCUT2D eigenvalue weighted by Crippen LogP contribution is 2.35. The Morgan fingerprint density at radius 2 is 1.80 bits per heavy atom. The molecule has 41 heavy (non-hydrogen) atoms. The summed E-state index contributed by atoms with van der Waals surface area (Å²) >= 11 is 0. The highest BCUT2D eigenvalue weighted by Gasteiger charge is 2.17. The van der Waals surface area contributed by atoms with Gasteiger partial charge in [-0.3, -0.25) is 10.1 Å². The number of benzene rings is 1. The fourth-order valence-electron chi connectivity index (χ4n) is 4.88. The minimum Gasteiger partial charge on any atom is -0.492 e. The maximum atomic E-state index is 14.6. The van der Waals surface area contributed by atoms with Gasteiger partial charge in [0.15, 0.2) is 0 Å². The van der Waals surface area contributed by atoms with Gasteiger partial charge in [0.1, 0.15) is 35.0 Å². The molecule has 0 radical (unpaired) electrons. The molecule has 10 heteroatoms. The normalized spacial score (nSPS) is 11.8. The third-order valence-corrected chi connectivity index (χ3v) is 6.77. The second-order valence-corrected chi connectivity index (χ2v) is 10.6. The maximum Gasteiger partial charge on any atom is 0.138 e. The van der Waals surface area contributed by atoms with Crippen LogP contribution in [0.2, 0.25) is 0 Å². The van der Waals surface area contributed by atoms with Crippen molar-refractivity contribution >= 4 is 22.1 Å². The predicted molar refractivity (Wildman–Crippen MR) is 159 cm³/mol. The first-order valence-corrected chi connectivity index (χ1v) is 13.3. The van der Waals surface area contributed by atoms with Gasteiger partial charge in [-0.1, -0.05) is 0 Å². The number of pyridine rings is 3. The van der Waals surface area contributed by atoms with Gasteiger partial charge in [-0.25, -0.2) is 14.4 Å². The standard InChI is InChI=1S/C31H31FN8O/c1-39(2)9-10-41-23-13-20(12-22(32)14-23)24-7-8-34-31-25(24)15-28(36-31)30-29-27(37-38-30)6-5-26(35-29)21-11-19(16-33-17-21)18-40(3)4/h5-8,11-17H,9-10,18H2,1-4H3,(H,34,36)(H,37,38). The number of likely N-dealkylation sites (N-methyl/N-ethyl adjacent to an activating group) is 1. The molecule has 0 aliphatic rings. The van der Waals surface area contributed by atoms with Crippen molar-refractivity contribution < 1.29 is 9.13 Å². The Bertz CT molecular complexity index is 1840. The van der Waals surface area contributed by atoms with Crippen LogP contribution in [0.4, 0.5) is 4.39 Å². The number of aromatic amines is 2. The van der Waals surface area contributed by atoms with Gasteiger partial charge in [0.25, 0.3) is 0 Å². The minimum absolute atomic E-state index is 0.359. The number of halogens is 1. The quantitative estimate of drug-likeness (QED) is 0.250. The van der Waals surface area contributed by atoms with Crippen molar-refractivity contribution in [1.82, 2.24) is 39.9 Å². The van der Waals surface area contributed by atoms with E-state index in [1.54, 1.807) is 6.20 Å². The van der Waals surface area contributed by atoms with E-state index in [9.17, 15) is 4.39 Å². The summed E-state index contributed by atoms with van der Waals surface area (Å²) in [6, 6.07) is 14.7. The first-order chi connectivity index (χ1) is 19.8. The van der Waals surface area contributed by atoms with Crippen LogP contribution in [-0.2, 0) is 6.54 Å².